The molecule has 2 aromatic rings. The van der Waals surface area contributed by atoms with E-state index in [1.54, 1.807) is 19.9 Å². The first-order chi connectivity index (χ1) is 12.2. The molecule has 0 spiro atoms. The van der Waals surface area contributed by atoms with Crippen LogP contribution in [0.2, 0.25) is 10.2 Å². The van der Waals surface area contributed by atoms with Gasteiger partial charge in [-0.25, -0.2) is 9.78 Å². The lowest BCUT2D eigenvalue weighted by molar-refractivity contribution is -0.123. The average molecular weight is 392 g/mol. The smallest absolute Gasteiger partial charge is 0.342 e. The van der Waals surface area contributed by atoms with E-state index in [1.165, 1.54) is 25.1 Å². The van der Waals surface area contributed by atoms with Crippen molar-refractivity contribution in [1.82, 2.24) is 4.98 Å². The number of anilines is 1. The van der Waals surface area contributed by atoms with Crippen molar-refractivity contribution in [2.45, 2.75) is 26.9 Å². The SMILES string of the molecule is Cc1cc(C)c(C(=O)O[C@@H](C)C(=O)Nc2ccc(C#N)c(Cl)c2)c(Cl)n1. The van der Waals surface area contributed by atoms with Gasteiger partial charge < -0.3 is 10.1 Å². The number of carbonyl (C=O) groups excluding carboxylic acids is 2. The van der Waals surface area contributed by atoms with Crippen LogP contribution >= 0.6 is 23.2 Å². The second-order valence-corrected chi connectivity index (χ2v) is 6.35. The minimum Gasteiger partial charge on any atom is -0.449 e. The summed E-state index contributed by atoms with van der Waals surface area (Å²) in [7, 11) is 0. The van der Waals surface area contributed by atoms with E-state index >= 15 is 0 Å². The molecule has 1 heterocycles. The highest BCUT2D eigenvalue weighted by atomic mass is 35.5. The summed E-state index contributed by atoms with van der Waals surface area (Å²) in [5.74, 6) is -1.28. The van der Waals surface area contributed by atoms with E-state index in [2.05, 4.69) is 10.3 Å². The fraction of sp³-hybridized carbons (Fsp3) is 0.222. The predicted molar refractivity (Wildman–Crippen MR) is 98.4 cm³/mol. The highest BCUT2D eigenvalue weighted by Gasteiger charge is 2.23. The molecule has 0 aliphatic carbocycles. The third kappa shape index (κ3) is 4.51. The van der Waals surface area contributed by atoms with Crippen LogP contribution < -0.4 is 5.32 Å². The number of hydrogen-bond acceptors (Lipinski definition) is 5. The molecule has 0 fully saturated rings. The lowest BCUT2D eigenvalue weighted by Gasteiger charge is -2.15. The molecule has 0 aliphatic rings. The van der Waals surface area contributed by atoms with Crippen LogP contribution in [-0.2, 0) is 9.53 Å². The van der Waals surface area contributed by atoms with Crippen molar-refractivity contribution in [1.29, 1.82) is 5.26 Å². The third-order valence-electron chi connectivity index (χ3n) is 3.51. The quantitative estimate of drug-likeness (QED) is 0.626. The van der Waals surface area contributed by atoms with Crippen molar-refractivity contribution in [3.05, 3.63) is 56.8 Å². The maximum absolute atomic E-state index is 12.3. The van der Waals surface area contributed by atoms with E-state index in [0.717, 1.165) is 0 Å². The van der Waals surface area contributed by atoms with Crippen LogP contribution in [0.4, 0.5) is 5.69 Å². The first-order valence-electron chi connectivity index (χ1n) is 7.58. The minimum atomic E-state index is -1.08. The van der Waals surface area contributed by atoms with E-state index in [0.29, 0.717) is 22.5 Å². The van der Waals surface area contributed by atoms with Gasteiger partial charge in [0.25, 0.3) is 5.91 Å². The van der Waals surface area contributed by atoms with Gasteiger partial charge in [0.05, 0.1) is 16.1 Å². The number of amides is 1. The Labute approximate surface area is 160 Å². The topological polar surface area (TPSA) is 92.1 Å². The molecule has 134 valence electrons. The van der Waals surface area contributed by atoms with Gasteiger partial charge in [-0.05, 0) is 50.6 Å². The van der Waals surface area contributed by atoms with Crippen molar-refractivity contribution in [3.63, 3.8) is 0 Å². The summed E-state index contributed by atoms with van der Waals surface area (Å²) in [4.78, 5) is 28.6. The van der Waals surface area contributed by atoms with Crippen molar-refractivity contribution in [3.8, 4) is 6.07 Å². The number of ether oxygens (including phenoxy) is 1. The normalized spacial score (nSPS) is 11.4. The Morgan fingerprint density at radius 3 is 2.54 bits per heavy atom. The Balaban J connectivity index is 2.09. The Bertz CT molecular complexity index is 899. The Kier molecular flexibility index (Phi) is 6.19. The second kappa shape index (κ2) is 8.17. The van der Waals surface area contributed by atoms with Crippen LogP contribution in [0.15, 0.2) is 24.3 Å². The first kappa shape index (κ1) is 19.7. The van der Waals surface area contributed by atoms with Gasteiger partial charge in [0.2, 0.25) is 0 Å². The lowest BCUT2D eigenvalue weighted by Crippen LogP contribution is -2.30. The Morgan fingerprint density at radius 1 is 1.27 bits per heavy atom. The van der Waals surface area contributed by atoms with Crippen LogP contribution in [0, 0.1) is 25.2 Å². The van der Waals surface area contributed by atoms with Crippen LogP contribution in [0.25, 0.3) is 0 Å². The molecule has 0 saturated carbocycles. The number of carbonyl (C=O) groups is 2. The van der Waals surface area contributed by atoms with Crippen LogP contribution in [0.3, 0.4) is 0 Å². The predicted octanol–water partition coefficient (Wildman–Crippen LogP) is 4.06. The lowest BCUT2D eigenvalue weighted by atomic mass is 10.1. The molecule has 1 amide bonds. The molecule has 8 heteroatoms. The van der Waals surface area contributed by atoms with Gasteiger partial charge in [0.1, 0.15) is 11.2 Å². The molecule has 0 aliphatic heterocycles. The summed E-state index contributed by atoms with van der Waals surface area (Å²) in [6.07, 6.45) is -1.08. The number of rotatable bonds is 4. The fourth-order valence-corrected chi connectivity index (χ4v) is 2.82. The highest BCUT2D eigenvalue weighted by Crippen LogP contribution is 2.22. The van der Waals surface area contributed by atoms with Crippen molar-refractivity contribution in [2.75, 3.05) is 5.32 Å². The number of hydrogen-bond donors (Lipinski definition) is 1. The van der Waals surface area contributed by atoms with Crippen LogP contribution in [0.1, 0.15) is 34.1 Å². The van der Waals surface area contributed by atoms with E-state index in [4.69, 9.17) is 33.2 Å². The monoisotopic (exact) mass is 391 g/mol. The van der Waals surface area contributed by atoms with Gasteiger partial charge in [-0.3, -0.25) is 4.79 Å². The molecule has 0 saturated heterocycles. The van der Waals surface area contributed by atoms with E-state index < -0.39 is 18.0 Å². The minimum absolute atomic E-state index is 0.0268. The van der Waals surface area contributed by atoms with Gasteiger partial charge in [0, 0.05) is 11.4 Å². The summed E-state index contributed by atoms with van der Waals surface area (Å²) >= 11 is 11.9. The molecular formula is C18H15Cl2N3O3. The van der Waals surface area contributed by atoms with Gasteiger partial charge in [-0.1, -0.05) is 23.2 Å². The van der Waals surface area contributed by atoms with Gasteiger partial charge in [-0.2, -0.15) is 5.26 Å². The molecule has 0 unspecified atom stereocenters. The standard InChI is InChI=1S/C18H15Cl2N3O3/c1-9-6-10(2)22-16(20)15(9)18(25)26-11(3)17(24)23-13-5-4-12(8-21)14(19)7-13/h4-7,11H,1-3H3,(H,23,24)/t11-/m0/s1. The summed E-state index contributed by atoms with van der Waals surface area (Å²) < 4.78 is 5.19. The maximum Gasteiger partial charge on any atom is 0.342 e. The van der Waals surface area contributed by atoms with Gasteiger partial charge in [0.15, 0.2) is 6.10 Å². The highest BCUT2D eigenvalue weighted by molar-refractivity contribution is 6.32. The number of pyridine rings is 1. The summed E-state index contributed by atoms with van der Waals surface area (Å²) in [5, 5.41) is 11.7. The molecule has 1 N–H and O–H groups in total. The molecule has 1 aromatic carbocycles. The molecule has 0 bridgehead atoms. The summed E-state index contributed by atoms with van der Waals surface area (Å²) in [6, 6.07) is 8.08. The fourth-order valence-electron chi connectivity index (χ4n) is 2.24. The number of halogens is 2. The van der Waals surface area contributed by atoms with E-state index in [-0.39, 0.29) is 15.7 Å². The number of benzene rings is 1. The molecule has 0 radical (unpaired) electrons. The Hall–Kier alpha value is -2.62. The average Bonchev–Trinajstić information content (AvgIpc) is 2.53. The van der Waals surface area contributed by atoms with Crippen LogP contribution in [0.5, 0.6) is 0 Å². The van der Waals surface area contributed by atoms with Crippen molar-refractivity contribution < 1.29 is 14.3 Å². The molecule has 1 atom stereocenters. The molecule has 26 heavy (non-hydrogen) atoms. The second-order valence-electron chi connectivity index (χ2n) is 5.59. The zero-order chi connectivity index (χ0) is 19.4. The Morgan fingerprint density at radius 2 is 1.96 bits per heavy atom. The van der Waals surface area contributed by atoms with E-state index in [9.17, 15) is 9.59 Å². The molecule has 2 rings (SSSR count). The van der Waals surface area contributed by atoms with Crippen LogP contribution in [-0.4, -0.2) is 23.0 Å². The summed E-state index contributed by atoms with van der Waals surface area (Å²) in [5.41, 5.74) is 2.08. The van der Waals surface area contributed by atoms with Crippen molar-refractivity contribution in [2.24, 2.45) is 0 Å². The number of nitrogens with zero attached hydrogens (tertiary/aromatic N) is 2. The number of aromatic nitrogens is 1. The summed E-state index contributed by atoms with van der Waals surface area (Å²) in [6.45, 7) is 4.90. The molecule has 6 nitrogen and oxygen atoms in total. The zero-order valence-corrected chi connectivity index (χ0v) is 15.8. The number of nitriles is 1. The first-order valence-corrected chi connectivity index (χ1v) is 8.33. The zero-order valence-electron chi connectivity index (χ0n) is 14.3. The third-order valence-corrected chi connectivity index (χ3v) is 4.10. The maximum atomic E-state index is 12.3. The van der Waals surface area contributed by atoms with E-state index in [1.807, 2.05) is 6.07 Å². The number of nitrogens with one attached hydrogen (secondary N) is 1. The van der Waals surface area contributed by atoms with Gasteiger partial charge in [-0.15, -0.1) is 0 Å². The number of esters is 1. The largest absolute Gasteiger partial charge is 0.449 e. The van der Waals surface area contributed by atoms with Gasteiger partial charge >= 0.3 is 5.97 Å². The molecular weight excluding hydrogens is 377 g/mol. The molecule has 1 aromatic heterocycles. The van der Waals surface area contributed by atoms with Crippen molar-refractivity contribution >= 4 is 40.8 Å². The number of aryl methyl sites for hydroxylation is 2.